The molecule has 1 spiro atoms. The largest absolute Gasteiger partial charge is 0.347 e. The lowest BCUT2D eigenvalue weighted by atomic mass is 9.92. The maximum atomic E-state index is 5.76. The first kappa shape index (κ1) is 10.4. The van der Waals surface area contributed by atoms with Gasteiger partial charge in [-0.25, -0.2) is 0 Å². The Bertz CT molecular complexity index is 360. The monoisotopic (exact) mass is 337 g/mol. The third kappa shape index (κ3) is 1.73. The molecule has 1 aromatic rings. The Labute approximate surface area is 105 Å². The van der Waals surface area contributed by atoms with Crippen LogP contribution in [-0.2, 0) is 22.3 Å². The van der Waals surface area contributed by atoms with E-state index in [0.29, 0.717) is 0 Å². The summed E-state index contributed by atoms with van der Waals surface area (Å²) >= 11 is 2.31. The SMILES string of the molecule is ISn1ccc2c1CC1(CC2)OCCO1. The summed E-state index contributed by atoms with van der Waals surface area (Å²) in [4.78, 5) is 0. The molecule has 82 valence electrons. The molecule has 0 radical (unpaired) electrons. The first-order valence-electron chi connectivity index (χ1n) is 5.09. The fourth-order valence-electron chi connectivity index (χ4n) is 2.38. The normalized spacial score (nSPS) is 23.3. The Morgan fingerprint density at radius 2 is 2.20 bits per heavy atom. The maximum Gasteiger partial charge on any atom is 0.174 e. The second-order valence-electron chi connectivity index (χ2n) is 3.97. The summed E-state index contributed by atoms with van der Waals surface area (Å²) in [6, 6.07) is 2.21. The Hall–Kier alpha value is 0.280. The molecule has 0 N–H and O–H groups in total. The molecule has 1 aliphatic heterocycles. The molecule has 0 amide bonds. The van der Waals surface area contributed by atoms with Crippen molar-refractivity contribution in [2.24, 2.45) is 0 Å². The summed E-state index contributed by atoms with van der Waals surface area (Å²) in [7, 11) is 1.71. The van der Waals surface area contributed by atoms with Crippen molar-refractivity contribution < 1.29 is 9.47 Å². The van der Waals surface area contributed by atoms with Crippen molar-refractivity contribution in [1.82, 2.24) is 3.97 Å². The predicted octanol–water partition coefficient (Wildman–Crippen LogP) is 2.57. The lowest BCUT2D eigenvalue weighted by molar-refractivity contribution is -0.164. The van der Waals surface area contributed by atoms with Crippen LogP contribution in [0.1, 0.15) is 17.7 Å². The number of aromatic nitrogens is 1. The minimum absolute atomic E-state index is 0.310. The summed E-state index contributed by atoms with van der Waals surface area (Å²) in [6.07, 6.45) is 5.09. The van der Waals surface area contributed by atoms with Gasteiger partial charge in [-0.3, -0.25) is 3.97 Å². The van der Waals surface area contributed by atoms with Gasteiger partial charge < -0.3 is 9.47 Å². The zero-order valence-corrected chi connectivity index (χ0v) is 11.2. The second kappa shape index (κ2) is 3.94. The highest BCUT2D eigenvalue weighted by atomic mass is 127. The van der Waals surface area contributed by atoms with Crippen molar-refractivity contribution in [1.29, 1.82) is 0 Å². The standard InChI is InChI=1S/C10H12INO2S/c11-15-12-4-2-8-1-3-10(7-9(8)12)13-5-6-14-10/h2,4H,1,3,5-7H2. The predicted molar refractivity (Wildman–Crippen MR) is 68.1 cm³/mol. The summed E-state index contributed by atoms with van der Waals surface area (Å²) in [6.45, 7) is 1.49. The van der Waals surface area contributed by atoms with Gasteiger partial charge in [-0.05, 0) is 18.1 Å². The molecule has 0 unspecified atom stereocenters. The van der Waals surface area contributed by atoms with Crippen LogP contribution in [0, 0.1) is 0 Å². The molecular weight excluding hydrogens is 325 g/mol. The molecular formula is C10H12INO2S. The number of aryl methyl sites for hydroxylation is 1. The van der Waals surface area contributed by atoms with E-state index in [4.69, 9.17) is 9.47 Å². The van der Waals surface area contributed by atoms with Gasteiger partial charge in [0.15, 0.2) is 5.79 Å². The molecule has 3 nitrogen and oxygen atoms in total. The van der Waals surface area contributed by atoms with Crippen LogP contribution in [0.4, 0.5) is 0 Å². The fourth-order valence-corrected chi connectivity index (χ4v) is 3.86. The molecule has 1 aromatic heterocycles. The van der Waals surface area contributed by atoms with E-state index in [-0.39, 0.29) is 5.79 Å². The van der Waals surface area contributed by atoms with Crippen LogP contribution in [0.5, 0.6) is 0 Å². The van der Waals surface area contributed by atoms with Gasteiger partial charge in [0, 0.05) is 55.1 Å². The molecule has 0 aromatic carbocycles. The highest BCUT2D eigenvalue weighted by Crippen LogP contribution is 2.37. The first-order chi connectivity index (χ1) is 7.33. The van der Waals surface area contributed by atoms with Crippen molar-refractivity contribution in [3.05, 3.63) is 23.5 Å². The fraction of sp³-hybridized carbons (Fsp3) is 0.600. The second-order valence-corrected chi connectivity index (χ2v) is 5.68. The molecule has 15 heavy (non-hydrogen) atoms. The quantitative estimate of drug-likeness (QED) is 0.736. The molecule has 1 saturated heterocycles. The average molecular weight is 337 g/mol. The van der Waals surface area contributed by atoms with Crippen LogP contribution in [0.3, 0.4) is 0 Å². The minimum atomic E-state index is -0.310. The number of ether oxygens (including phenoxy) is 2. The van der Waals surface area contributed by atoms with Crippen molar-refractivity contribution in [3.8, 4) is 0 Å². The average Bonchev–Trinajstić information content (AvgIpc) is 2.85. The molecule has 0 bridgehead atoms. The summed E-state index contributed by atoms with van der Waals surface area (Å²) < 4.78 is 13.7. The van der Waals surface area contributed by atoms with Gasteiger partial charge in [0.05, 0.1) is 13.2 Å². The van der Waals surface area contributed by atoms with Gasteiger partial charge in [-0.1, -0.05) is 0 Å². The van der Waals surface area contributed by atoms with E-state index < -0.39 is 0 Å². The van der Waals surface area contributed by atoms with Crippen LogP contribution in [0.25, 0.3) is 0 Å². The van der Waals surface area contributed by atoms with Gasteiger partial charge in [0.25, 0.3) is 0 Å². The molecule has 0 saturated carbocycles. The maximum absolute atomic E-state index is 5.76. The lowest BCUT2D eigenvalue weighted by Gasteiger charge is -2.31. The van der Waals surface area contributed by atoms with E-state index in [1.54, 1.807) is 9.12 Å². The van der Waals surface area contributed by atoms with Gasteiger partial charge in [0.1, 0.15) is 0 Å². The van der Waals surface area contributed by atoms with Gasteiger partial charge in [-0.15, -0.1) is 0 Å². The topological polar surface area (TPSA) is 23.4 Å². The van der Waals surface area contributed by atoms with E-state index in [2.05, 4.69) is 37.4 Å². The van der Waals surface area contributed by atoms with Crippen LogP contribution >= 0.6 is 30.3 Å². The first-order valence-corrected chi connectivity index (χ1v) is 8.41. The van der Waals surface area contributed by atoms with E-state index in [1.165, 1.54) is 11.3 Å². The van der Waals surface area contributed by atoms with E-state index in [9.17, 15) is 0 Å². The van der Waals surface area contributed by atoms with Crippen LogP contribution in [0.2, 0.25) is 0 Å². The molecule has 2 heterocycles. The van der Waals surface area contributed by atoms with Crippen molar-refractivity contribution in [2.45, 2.75) is 25.0 Å². The number of hydrogen-bond donors (Lipinski definition) is 0. The van der Waals surface area contributed by atoms with Gasteiger partial charge >= 0.3 is 0 Å². The van der Waals surface area contributed by atoms with Crippen molar-refractivity contribution in [2.75, 3.05) is 13.2 Å². The molecule has 2 aliphatic rings. The zero-order chi connectivity index (χ0) is 10.3. The smallest absolute Gasteiger partial charge is 0.174 e. The Balaban J connectivity index is 1.93. The van der Waals surface area contributed by atoms with Crippen LogP contribution in [-0.4, -0.2) is 23.0 Å². The van der Waals surface area contributed by atoms with Crippen LogP contribution in [0.15, 0.2) is 12.3 Å². The zero-order valence-electron chi connectivity index (χ0n) is 8.24. The third-order valence-electron chi connectivity index (χ3n) is 3.15. The van der Waals surface area contributed by atoms with Crippen LogP contribution < -0.4 is 0 Å². The molecule has 0 atom stereocenters. The highest BCUT2D eigenvalue weighted by molar-refractivity contribution is 14.2. The number of rotatable bonds is 1. The third-order valence-corrected chi connectivity index (χ3v) is 4.91. The lowest BCUT2D eigenvalue weighted by Crippen LogP contribution is -2.37. The van der Waals surface area contributed by atoms with Crippen molar-refractivity contribution >= 4 is 30.3 Å². The van der Waals surface area contributed by atoms with E-state index >= 15 is 0 Å². The molecule has 1 aliphatic carbocycles. The summed E-state index contributed by atoms with van der Waals surface area (Å²) in [5.41, 5.74) is 2.81. The summed E-state index contributed by atoms with van der Waals surface area (Å²) in [5.74, 6) is -0.310. The molecule has 5 heteroatoms. The Kier molecular flexibility index (Phi) is 2.74. The molecule has 3 rings (SSSR count). The van der Waals surface area contributed by atoms with Gasteiger partial charge in [0.2, 0.25) is 0 Å². The minimum Gasteiger partial charge on any atom is -0.347 e. The Morgan fingerprint density at radius 1 is 1.40 bits per heavy atom. The van der Waals surface area contributed by atoms with E-state index in [1.807, 2.05) is 0 Å². The number of fused-ring (bicyclic) bond motifs is 1. The van der Waals surface area contributed by atoms with Gasteiger partial charge in [-0.2, -0.15) is 0 Å². The summed E-state index contributed by atoms with van der Waals surface area (Å²) in [5, 5.41) is 0. The number of nitrogens with zero attached hydrogens (tertiary/aromatic N) is 1. The van der Waals surface area contributed by atoms with E-state index in [0.717, 1.165) is 32.5 Å². The van der Waals surface area contributed by atoms with Crippen molar-refractivity contribution in [3.63, 3.8) is 0 Å². The Morgan fingerprint density at radius 3 is 2.93 bits per heavy atom. The highest BCUT2D eigenvalue weighted by Gasteiger charge is 2.40. The number of halogens is 1. The number of hydrogen-bond acceptors (Lipinski definition) is 3. The molecule has 1 fully saturated rings.